The smallest absolute Gasteiger partial charge is 0.294 e. The molecule has 1 aromatic carbocycles. The molecule has 0 aromatic heterocycles. The Hall–Kier alpha value is -0.950. The molecular weight excluding hydrogens is 266 g/mol. The van der Waals surface area contributed by atoms with Crippen LogP contribution >= 0.6 is 0 Å². The van der Waals surface area contributed by atoms with E-state index in [-0.39, 0.29) is 11.0 Å². The predicted molar refractivity (Wildman–Crippen MR) is 73.7 cm³/mol. The highest BCUT2D eigenvalue weighted by Gasteiger charge is 2.16. The number of aliphatic hydroxyl groups is 1. The zero-order valence-corrected chi connectivity index (χ0v) is 12.0. The van der Waals surface area contributed by atoms with E-state index in [1.165, 1.54) is 12.1 Å². The first-order valence-electron chi connectivity index (χ1n) is 6.23. The topological polar surface area (TPSA) is 86.6 Å². The van der Waals surface area contributed by atoms with Crippen molar-refractivity contribution in [2.45, 2.75) is 31.3 Å². The number of benzene rings is 1. The fourth-order valence-corrected chi connectivity index (χ4v) is 2.16. The molecule has 0 amide bonds. The molecule has 1 aromatic rings. The lowest BCUT2D eigenvalue weighted by molar-refractivity contribution is 0.0915. The highest BCUT2D eigenvalue weighted by Crippen LogP contribution is 2.10. The summed E-state index contributed by atoms with van der Waals surface area (Å²) in [6, 6.07) is 5.99. The first-order chi connectivity index (χ1) is 8.80. The van der Waals surface area contributed by atoms with Gasteiger partial charge >= 0.3 is 0 Å². The Morgan fingerprint density at radius 2 is 1.84 bits per heavy atom. The van der Waals surface area contributed by atoms with E-state index in [1.54, 1.807) is 12.1 Å². The minimum Gasteiger partial charge on any atom is -0.392 e. The van der Waals surface area contributed by atoms with Gasteiger partial charge in [0, 0.05) is 6.54 Å². The SMILES string of the molecule is C[C@@H]1CCNC[C@@H]1O.Cc1ccc(S(=O)(=O)O)cc1. The van der Waals surface area contributed by atoms with Crippen molar-refractivity contribution in [1.82, 2.24) is 5.32 Å². The highest BCUT2D eigenvalue weighted by atomic mass is 32.2. The van der Waals surface area contributed by atoms with Crippen LogP contribution in [0.1, 0.15) is 18.9 Å². The molecule has 0 radical (unpaired) electrons. The Labute approximate surface area is 114 Å². The van der Waals surface area contributed by atoms with Gasteiger partial charge in [-0.2, -0.15) is 8.42 Å². The van der Waals surface area contributed by atoms with Gasteiger partial charge in [0.25, 0.3) is 10.1 Å². The molecule has 0 spiro atoms. The third-order valence-electron chi connectivity index (χ3n) is 3.11. The van der Waals surface area contributed by atoms with E-state index in [4.69, 9.17) is 9.66 Å². The summed E-state index contributed by atoms with van der Waals surface area (Å²) in [6.45, 7) is 5.78. The summed E-state index contributed by atoms with van der Waals surface area (Å²) in [7, 11) is -4.02. The van der Waals surface area contributed by atoms with E-state index in [1.807, 2.05) is 6.92 Å². The van der Waals surface area contributed by atoms with Gasteiger partial charge in [0.05, 0.1) is 11.0 Å². The molecular formula is C13H21NO4S. The number of rotatable bonds is 1. The molecule has 3 N–H and O–H groups in total. The summed E-state index contributed by atoms with van der Waals surface area (Å²) in [5.41, 5.74) is 0.956. The number of β-amino-alcohol motifs (C(OH)–C–C–N with tert-alkyl or cyclic N) is 1. The van der Waals surface area contributed by atoms with Gasteiger partial charge in [-0.25, -0.2) is 0 Å². The number of nitrogens with one attached hydrogen (secondary N) is 1. The van der Waals surface area contributed by atoms with Gasteiger partial charge in [0.1, 0.15) is 0 Å². The van der Waals surface area contributed by atoms with Crippen molar-refractivity contribution in [2.24, 2.45) is 5.92 Å². The van der Waals surface area contributed by atoms with Crippen LogP contribution < -0.4 is 5.32 Å². The minimum atomic E-state index is -4.02. The van der Waals surface area contributed by atoms with Gasteiger partial charge in [0.2, 0.25) is 0 Å². The predicted octanol–water partition coefficient (Wildman–Crippen LogP) is 1.22. The molecule has 5 nitrogen and oxygen atoms in total. The Bertz CT molecular complexity index is 474. The second-order valence-corrected chi connectivity index (χ2v) is 6.25. The van der Waals surface area contributed by atoms with E-state index >= 15 is 0 Å². The molecule has 1 aliphatic heterocycles. The zero-order valence-electron chi connectivity index (χ0n) is 11.2. The number of piperidine rings is 1. The van der Waals surface area contributed by atoms with Crippen molar-refractivity contribution in [3.63, 3.8) is 0 Å². The summed E-state index contributed by atoms with van der Waals surface area (Å²) < 4.78 is 29.6. The third-order valence-corrected chi connectivity index (χ3v) is 3.97. The van der Waals surface area contributed by atoms with E-state index in [9.17, 15) is 8.42 Å². The Morgan fingerprint density at radius 1 is 1.26 bits per heavy atom. The summed E-state index contributed by atoms with van der Waals surface area (Å²) in [5, 5.41) is 12.2. The fourth-order valence-electron chi connectivity index (χ4n) is 1.68. The molecule has 1 heterocycles. The summed E-state index contributed by atoms with van der Waals surface area (Å²) in [6.07, 6.45) is 1.00. The van der Waals surface area contributed by atoms with Crippen LogP contribution in [0, 0.1) is 12.8 Å². The Morgan fingerprint density at radius 3 is 2.21 bits per heavy atom. The molecule has 2 atom stereocenters. The first kappa shape index (κ1) is 16.1. The molecule has 0 saturated carbocycles. The van der Waals surface area contributed by atoms with Crippen molar-refractivity contribution in [3.8, 4) is 0 Å². The maximum atomic E-state index is 10.5. The van der Waals surface area contributed by atoms with Crippen LogP contribution in [0.25, 0.3) is 0 Å². The van der Waals surface area contributed by atoms with Crippen molar-refractivity contribution in [1.29, 1.82) is 0 Å². The van der Waals surface area contributed by atoms with Gasteiger partial charge in [-0.15, -0.1) is 0 Å². The maximum absolute atomic E-state index is 10.5. The molecule has 2 rings (SSSR count). The van der Waals surface area contributed by atoms with E-state index in [2.05, 4.69) is 12.2 Å². The molecule has 108 valence electrons. The van der Waals surface area contributed by atoms with Gasteiger partial charge < -0.3 is 10.4 Å². The summed E-state index contributed by atoms with van der Waals surface area (Å²) in [5.74, 6) is 0.497. The Kier molecular flexibility index (Phi) is 5.93. The lowest BCUT2D eigenvalue weighted by atomic mass is 9.98. The van der Waals surface area contributed by atoms with Crippen molar-refractivity contribution in [3.05, 3.63) is 29.8 Å². The summed E-state index contributed by atoms with van der Waals surface area (Å²) >= 11 is 0. The third kappa shape index (κ3) is 5.69. The van der Waals surface area contributed by atoms with Crippen LogP contribution in [0.2, 0.25) is 0 Å². The van der Waals surface area contributed by atoms with Crippen LogP contribution in [-0.4, -0.2) is 37.3 Å². The summed E-state index contributed by atoms with van der Waals surface area (Å²) in [4.78, 5) is -0.0666. The van der Waals surface area contributed by atoms with Crippen molar-refractivity contribution >= 4 is 10.1 Å². The van der Waals surface area contributed by atoms with Crippen LogP contribution in [0.3, 0.4) is 0 Å². The van der Waals surface area contributed by atoms with E-state index < -0.39 is 10.1 Å². The number of hydrogen-bond acceptors (Lipinski definition) is 4. The lowest BCUT2D eigenvalue weighted by Crippen LogP contribution is -2.39. The average molecular weight is 287 g/mol. The van der Waals surface area contributed by atoms with Crippen LogP contribution in [0.5, 0.6) is 0 Å². The average Bonchev–Trinajstić information content (AvgIpc) is 2.33. The molecule has 6 heteroatoms. The molecule has 19 heavy (non-hydrogen) atoms. The highest BCUT2D eigenvalue weighted by molar-refractivity contribution is 7.85. The van der Waals surface area contributed by atoms with Gasteiger partial charge in [-0.1, -0.05) is 24.6 Å². The minimum absolute atomic E-state index is 0.0666. The lowest BCUT2D eigenvalue weighted by Gasteiger charge is -2.24. The van der Waals surface area contributed by atoms with E-state index in [0.717, 1.165) is 25.1 Å². The van der Waals surface area contributed by atoms with Crippen LogP contribution in [-0.2, 0) is 10.1 Å². The standard InChI is InChI=1S/C7H8O3S.C6H13NO/c1-6-2-4-7(5-3-6)11(8,9)10;1-5-2-3-7-4-6(5)8/h2-5H,1H3,(H,8,9,10);5-8H,2-4H2,1H3/t;5-,6+/m.1/s1. The quantitative estimate of drug-likeness (QED) is 0.676. The van der Waals surface area contributed by atoms with Crippen LogP contribution in [0.15, 0.2) is 29.2 Å². The maximum Gasteiger partial charge on any atom is 0.294 e. The largest absolute Gasteiger partial charge is 0.392 e. The van der Waals surface area contributed by atoms with Crippen LogP contribution in [0.4, 0.5) is 0 Å². The molecule has 0 bridgehead atoms. The second-order valence-electron chi connectivity index (χ2n) is 4.83. The molecule has 1 aliphatic rings. The monoisotopic (exact) mass is 287 g/mol. The van der Waals surface area contributed by atoms with Gasteiger partial charge in [-0.05, 0) is 37.9 Å². The fraction of sp³-hybridized carbons (Fsp3) is 0.538. The van der Waals surface area contributed by atoms with Gasteiger partial charge in [-0.3, -0.25) is 4.55 Å². The number of hydrogen-bond donors (Lipinski definition) is 3. The van der Waals surface area contributed by atoms with Gasteiger partial charge in [0.15, 0.2) is 0 Å². The molecule has 0 aliphatic carbocycles. The molecule has 1 saturated heterocycles. The Balaban J connectivity index is 0.000000200. The van der Waals surface area contributed by atoms with Crippen molar-refractivity contribution in [2.75, 3.05) is 13.1 Å². The molecule has 0 unspecified atom stereocenters. The van der Waals surface area contributed by atoms with E-state index in [0.29, 0.717) is 5.92 Å². The zero-order chi connectivity index (χ0) is 14.5. The normalized spacial score (nSPS) is 23.4. The second kappa shape index (κ2) is 7.00. The first-order valence-corrected chi connectivity index (χ1v) is 7.67. The molecule has 1 fully saturated rings. The number of aliphatic hydroxyl groups excluding tert-OH is 1. The number of aryl methyl sites for hydroxylation is 1. The van der Waals surface area contributed by atoms with Crippen molar-refractivity contribution < 1.29 is 18.1 Å².